The molecule has 0 saturated carbocycles. The monoisotopic (exact) mass is 462 g/mol. The van der Waals surface area contributed by atoms with E-state index in [1.165, 1.54) is 11.8 Å². The van der Waals surface area contributed by atoms with E-state index in [0.29, 0.717) is 41.1 Å². The van der Waals surface area contributed by atoms with Gasteiger partial charge in [0.1, 0.15) is 5.52 Å². The molecule has 170 valence electrons. The molecule has 0 unspecified atom stereocenters. The SMILES string of the molecule is CCN(Cc1ccc(OC)c(OC)c1)C(=O)c1ccccc1CSc1nc2ccccc2o1. The van der Waals surface area contributed by atoms with Gasteiger partial charge in [0.2, 0.25) is 0 Å². The van der Waals surface area contributed by atoms with Gasteiger partial charge in [0.25, 0.3) is 11.1 Å². The molecule has 0 N–H and O–H groups in total. The van der Waals surface area contributed by atoms with E-state index in [2.05, 4.69) is 4.98 Å². The number of carbonyl (C=O) groups is 1. The molecule has 0 aliphatic heterocycles. The van der Waals surface area contributed by atoms with E-state index in [0.717, 1.165) is 22.2 Å². The summed E-state index contributed by atoms with van der Waals surface area (Å²) in [4.78, 5) is 19.8. The Morgan fingerprint density at radius 2 is 1.76 bits per heavy atom. The summed E-state index contributed by atoms with van der Waals surface area (Å²) >= 11 is 1.48. The Balaban J connectivity index is 1.51. The quantitative estimate of drug-likeness (QED) is 0.293. The molecule has 0 fully saturated rings. The topological polar surface area (TPSA) is 64.8 Å². The number of carbonyl (C=O) groups excluding carboxylic acids is 1. The Morgan fingerprint density at radius 3 is 2.52 bits per heavy atom. The number of aromatic nitrogens is 1. The number of fused-ring (bicyclic) bond motifs is 1. The number of thioether (sulfide) groups is 1. The first-order chi connectivity index (χ1) is 16.1. The van der Waals surface area contributed by atoms with Gasteiger partial charge < -0.3 is 18.8 Å². The first-order valence-electron chi connectivity index (χ1n) is 10.7. The number of rotatable bonds is 9. The van der Waals surface area contributed by atoms with Gasteiger partial charge in [-0.25, -0.2) is 4.98 Å². The van der Waals surface area contributed by atoms with Crippen LogP contribution in [0.15, 0.2) is 76.4 Å². The second kappa shape index (κ2) is 10.4. The molecule has 1 amide bonds. The molecule has 1 aromatic heterocycles. The molecule has 4 aromatic rings. The smallest absolute Gasteiger partial charge is 0.257 e. The van der Waals surface area contributed by atoms with Gasteiger partial charge in [0, 0.05) is 24.4 Å². The highest BCUT2D eigenvalue weighted by Crippen LogP contribution is 2.30. The molecule has 7 heteroatoms. The summed E-state index contributed by atoms with van der Waals surface area (Å²) in [5.74, 6) is 1.88. The van der Waals surface area contributed by atoms with Crippen LogP contribution in [0.5, 0.6) is 11.5 Å². The molecule has 0 saturated heterocycles. The highest BCUT2D eigenvalue weighted by atomic mass is 32.2. The number of ether oxygens (including phenoxy) is 2. The fraction of sp³-hybridized carbons (Fsp3) is 0.231. The predicted octanol–water partition coefficient (Wildman–Crippen LogP) is 5.80. The van der Waals surface area contributed by atoms with Crippen molar-refractivity contribution in [2.24, 2.45) is 0 Å². The average Bonchev–Trinajstić information content (AvgIpc) is 3.28. The maximum absolute atomic E-state index is 13.5. The molecular formula is C26H26N2O4S. The van der Waals surface area contributed by atoms with Crippen LogP contribution in [0.25, 0.3) is 11.1 Å². The van der Waals surface area contributed by atoms with Crippen molar-refractivity contribution in [3.63, 3.8) is 0 Å². The van der Waals surface area contributed by atoms with Crippen molar-refractivity contribution in [3.8, 4) is 11.5 Å². The van der Waals surface area contributed by atoms with Crippen molar-refractivity contribution >= 4 is 28.8 Å². The van der Waals surface area contributed by atoms with Crippen LogP contribution in [0.4, 0.5) is 0 Å². The molecule has 3 aromatic carbocycles. The second-order valence-electron chi connectivity index (χ2n) is 7.40. The van der Waals surface area contributed by atoms with Crippen molar-refractivity contribution in [3.05, 3.63) is 83.4 Å². The van der Waals surface area contributed by atoms with E-state index in [1.54, 1.807) is 14.2 Å². The molecule has 6 nitrogen and oxygen atoms in total. The van der Waals surface area contributed by atoms with Crippen LogP contribution in [0, 0.1) is 0 Å². The molecule has 0 spiro atoms. The van der Waals surface area contributed by atoms with Gasteiger partial charge in [-0.2, -0.15) is 0 Å². The van der Waals surface area contributed by atoms with Crippen molar-refractivity contribution in [2.75, 3.05) is 20.8 Å². The van der Waals surface area contributed by atoms with Crippen LogP contribution in [-0.4, -0.2) is 36.6 Å². The lowest BCUT2D eigenvalue weighted by Crippen LogP contribution is -2.31. The lowest BCUT2D eigenvalue weighted by molar-refractivity contribution is 0.0751. The molecule has 4 rings (SSSR count). The van der Waals surface area contributed by atoms with E-state index >= 15 is 0 Å². The molecule has 0 aliphatic carbocycles. The maximum atomic E-state index is 13.5. The van der Waals surface area contributed by atoms with Crippen LogP contribution in [0.2, 0.25) is 0 Å². The Kier molecular flexibility index (Phi) is 7.19. The summed E-state index contributed by atoms with van der Waals surface area (Å²) in [6.45, 7) is 3.04. The van der Waals surface area contributed by atoms with E-state index in [9.17, 15) is 4.79 Å². The van der Waals surface area contributed by atoms with Crippen molar-refractivity contribution in [1.29, 1.82) is 0 Å². The minimum atomic E-state index is -0.0129. The van der Waals surface area contributed by atoms with Crippen molar-refractivity contribution < 1.29 is 18.7 Å². The van der Waals surface area contributed by atoms with E-state index in [1.807, 2.05) is 78.6 Å². The van der Waals surface area contributed by atoms with Gasteiger partial charge in [-0.3, -0.25) is 4.79 Å². The van der Waals surface area contributed by atoms with Crippen LogP contribution in [0.3, 0.4) is 0 Å². The zero-order valence-corrected chi connectivity index (χ0v) is 19.7. The molecule has 0 bridgehead atoms. The number of para-hydroxylation sites is 2. The van der Waals surface area contributed by atoms with Crippen LogP contribution in [-0.2, 0) is 12.3 Å². The highest BCUT2D eigenvalue weighted by molar-refractivity contribution is 7.98. The lowest BCUT2D eigenvalue weighted by Gasteiger charge is -2.23. The van der Waals surface area contributed by atoms with Crippen molar-refractivity contribution in [2.45, 2.75) is 24.4 Å². The average molecular weight is 463 g/mol. The van der Waals surface area contributed by atoms with Crippen LogP contribution >= 0.6 is 11.8 Å². The number of amides is 1. The summed E-state index contributed by atoms with van der Waals surface area (Å²) in [5.41, 5.74) is 4.19. The van der Waals surface area contributed by atoms with Gasteiger partial charge >= 0.3 is 0 Å². The van der Waals surface area contributed by atoms with E-state index in [4.69, 9.17) is 13.9 Å². The second-order valence-corrected chi connectivity index (χ2v) is 8.33. The molecular weight excluding hydrogens is 436 g/mol. The Hall–Kier alpha value is -3.45. The third-order valence-corrected chi connectivity index (χ3v) is 6.24. The summed E-state index contributed by atoms with van der Waals surface area (Å²) in [5, 5.41) is 0.594. The van der Waals surface area contributed by atoms with Crippen molar-refractivity contribution in [1.82, 2.24) is 9.88 Å². The summed E-state index contributed by atoms with van der Waals surface area (Å²) in [7, 11) is 3.21. The van der Waals surface area contributed by atoms with Gasteiger partial charge in [0.15, 0.2) is 17.1 Å². The number of oxazole rings is 1. The van der Waals surface area contributed by atoms with E-state index < -0.39 is 0 Å². The predicted molar refractivity (Wildman–Crippen MR) is 130 cm³/mol. The molecule has 0 atom stereocenters. The lowest BCUT2D eigenvalue weighted by atomic mass is 10.1. The number of methoxy groups -OCH3 is 2. The standard InChI is InChI=1S/C26H26N2O4S/c1-4-28(16-18-13-14-23(30-2)24(15-18)31-3)25(29)20-10-6-5-9-19(20)17-33-26-27-21-11-7-8-12-22(21)32-26/h5-15H,4,16-17H2,1-3H3. The number of hydrogen-bond acceptors (Lipinski definition) is 6. The van der Waals surface area contributed by atoms with Gasteiger partial charge in [0.05, 0.1) is 14.2 Å². The van der Waals surface area contributed by atoms with Crippen LogP contribution < -0.4 is 9.47 Å². The number of benzene rings is 3. The summed E-state index contributed by atoms with van der Waals surface area (Å²) in [6, 6.07) is 21.1. The largest absolute Gasteiger partial charge is 0.493 e. The summed E-state index contributed by atoms with van der Waals surface area (Å²) in [6.07, 6.45) is 0. The number of nitrogens with zero attached hydrogens (tertiary/aromatic N) is 2. The normalized spacial score (nSPS) is 10.9. The maximum Gasteiger partial charge on any atom is 0.257 e. The fourth-order valence-corrected chi connectivity index (χ4v) is 4.45. The third-order valence-electron chi connectivity index (χ3n) is 5.36. The number of hydrogen-bond donors (Lipinski definition) is 0. The Bertz CT molecular complexity index is 1220. The van der Waals surface area contributed by atoms with Gasteiger partial charge in [-0.15, -0.1) is 0 Å². The zero-order valence-electron chi connectivity index (χ0n) is 18.9. The van der Waals surface area contributed by atoms with Gasteiger partial charge in [-0.05, 0) is 48.4 Å². The Labute approximate surface area is 197 Å². The zero-order chi connectivity index (χ0) is 23.2. The fourth-order valence-electron chi connectivity index (χ4n) is 3.60. The first kappa shape index (κ1) is 22.7. The van der Waals surface area contributed by atoms with Crippen LogP contribution in [0.1, 0.15) is 28.4 Å². The minimum Gasteiger partial charge on any atom is -0.493 e. The first-order valence-corrected chi connectivity index (χ1v) is 11.7. The molecule has 1 heterocycles. The van der Waals surface area contributed by atoms with Gasteiger partial charge in [-0.1, -0.05) is 48.2 Å². The molecule has 0 radical (unpaired) electrons. The third kappa shape index (κ3) is 5.14. The minimum absolute atomic E-state index is 0.0129. The summed E-state index contributed by atoms with van der Waals surface area (Å²) < 4.78 is 16.5. The van der Waals surface area contributed by atoms with E-state index in [-0.39, 0.29) is 5.91 Å². The highest BCUT2D eigenvalue weighted by Gasteiger charge is 2.19. The Morgan fingerprint density at radius 1 is 1.00 bits per heavy atom. The molecule has 0 aliphatic rings. The molecule has 33 heavy (non-hydrogen) atoms.